The minimum atomic E-state index is 1.11. The van der Waals surface area contributed by atoms with Crippen LogP contribution >= 0.6 is 27.3 Å². The molecule has 0 fully saturated rings. The van der Waals surface area contributed by atoms with E-state index in [0.717, 1.165) is 6.42 Å². The fraction of sp³-hybridized carbons (Fsp3) is 0.273. The lowest BCUT2D eigenvalue weighted by Crippen LogP contribution is -1.79. The second-order valence-electron chi connectivity index (χ2n) is 3.18. The van der Waals surface area contributed by atoms with Crippen LogP contribution in [0, 0.1) is 6.92 Å². The van der Waals surface area contributed by atoms with Crippen molar-refractivity contribution in [2.45, 2.75) is 20.3 Å². The van der Waals surface area contributed by atoms with Crippen molar-refractivity contribution in [3.8, 4) is 0 Å². The molecule has 0 nitrogen and oxygen atoms in total. The van der Waals surface area contributed by atoms with Crippen LogP contribution in [-0.4, -0.2) is 0 Å². The summed E-state index contributed by atoms with van der Waals surface area (Å²) in [5.74, 6) is 0. The molecule has 1 aromatic heterocycles. The van der Waals surface area contributed by atoms with Crippen molar-refractivity contribution in [3.05, 3.63) is 33.1 Å². The van der Waals surface area contributed by atoms with Crippen molar-refractivity contribution >= 4 is 37.4 Å². The molecule has 0 atom stereocenters. The molecular weight excluding hydrogens is 244 g/mol. The highest BCUT2D eigenvalue weighted by atomic mass is 79.9. The second kappa shape index (κ2) is 3.43. The molecule has 0 saturated heterocycles. The number of hydrogen-bond donors (Lipinski definition) is 0. The molecule has 0 aliphatic heterocycles. The maximum atomic E-state index is 3.61. The van der Waals surface area contributed by atoms with Gasteiger partial charge in [0.15, 0.2) is 0 Å². The number of aryl methyl sites for hydroxylation is 2. The molecule has 0 saturated carbocycles. The zero-order valence-electron chi connectivity index (χ0n) is 7.73. The second-order valence-corrected chi connectivity index (χ2v) is 4.92. The van der Waals surface area contributed by atoms with Crippen LogP contribution in [0.25, 0.3) is 10.1 Å². The molecule has 0 amide bonds. The maximum Gasteiger partial charge on any atom is 0.0386 e. The molecule has 0 aliphatic rings. The van der Waals surface area contributed by atoms with E-state index in [0.29, 0.717) is 0 Å². The number of rotatable bonds is 1. The Morgan fingerprint density at radius 1 is 1.38 bits per heavy atom. The zero-order chi connectivity index (χ0) is 9.42. The lowest BCUT2D eigenvalue weighted by molar-refractivity contribution is 1.17. The molecule has 0 aliphatic carbocycles. The summed E-state index contributed by atoms with van der Waals surface area (Å²) in [6.45, 7) is 4.38. The van der Waals surface area contributed by atoms with Crippen LogP contribution in [0.1, 0.15) is 18.1 Å². The van der Waals surface area contributed by atoms with Gasteiger partial charge in [0.2, 0.25) is 0 Å². The van der Waals surface area contributed by atoms with Crippen LogP contribution in [0.3, 0.4) is 0 Å². The van der Waals surface area contributed by atoms with Gasteiger partial charge in [-0.3, -0.25) is 0 Å². The SMILES string of the molecule is CCc1csc2c(C)ccc(Br)c12. The monoisotopic (exact) mass is 254 g/mol. The van der Waals surface area contributed by atoms with Crippen LogP contribution in [0.4, 0.5) is 0 Å². The normalized spacial score (nSPS) is 11.0. The van der Waals surface area contributed by atoms with Crippen molar-refractivity contribution in [1.29, 1.82) is 0 Å². The zero-order valence-corrected chi connectivity index (χ0v) is 10.1. The topological polar surface area (TPSA) is 0 Å². The lowest BCUT2D eigenvalue weighted by Gasteiger charge is -2.00. The van der Waals surface area contributed by atoms with Gasteiger partial charge in [-0.05, 0) is 35.9 Å². The minimum Gasteiger partial charge on any atom is -0.143 e. The van der Waals surface area contributed by atoms with Crippen molar-refractivity contribution < 1.29 is 0 Å². The van der Waals surface area contributed by atoms with Crippen LogP contribution in [0.5, 0.6) is 0 Å². The third kappa shape index (κ3) is 1.42. The Kier molecular flexibility index (Phi) is 2.43. The predicted octanol–water partition coefficient (Wildman–Crippen LogP) is 4.53. The largest absolute Gasteiger partial charge is 0.143 e. The van der Waals surface area contributed by atoms with Gasteiger partial charge in [0.1, 0.15) is 0 Å². The summed E-state index contributed by atoms with van der Waals surface area (Å²) >= 11 is 5.46. The highest BCUT2D eigenvalue weighted by molar-refractivity contribution is 9.10. The Bertz CT molecular complexity index is 443. The smallest absolute Gasteiger partial charge is 0.0386 e. The molecule has 2 heteroatoms. The quantitative estimate of drug-likeness (QED) is 0.702. The van der Waals surface area contributed by atoms with E-state index in [1.54, 1.807) is 0 Å². The van der Waals surface area contributed by atoms with E-state index in [1.807, 2.05) is 11.3 Å². The fourth-order valence-electron chi connectivity index (χ4n) is 1.56. The molecule has 2 aromatic rings. The molecule has 1 aromatic carbocycles. The van der Waals surface area contributed by atoms with Crippen LogP contribution in [0.2, 0.25) is 0 Å². The summed E-state index contributed by atoms with van der Waals surface area (Å²) in [6.07, 6.45) is 1.11. The molecule has 0 N–H and O–H groups in total. The Hall–Kier alpha value is -0.340. The molecule has 0 radical (unpaired) electrons. The number of halogens is 1. The first-order chi connectivity index (χ1) is 6.24. The van der Waals surface area contributed by atoms with Gasteiger partial charge < -0.3 is 0 Å². The summed E-state index contributed by atoms with van der Waals surface area (Å²) in [6, 6.07) is 4.31. The Morgan fingerprint density at radius 3 is 2.85 bits per heavy atom. The summed E-state index contributed by atoms with van der Waals surface area (Å²) in [7, 11) is 0. The van der Waals surface area contributed by atoms with Crippen LogP contribution in [-0.2, 0) is 6.42 Å². The Balaban J connectivity index is 2.87. The Labute approximate surface area is 90.7 Å². The molecule has 68 valence electrons. The van der Waals surface area contributed by atoms with Gasteiger partial charge in [-0.15, -0.1) is 11.3 Å². The van der Waals surface area contributed by atoms with Gasteiger partial charge in [0, 0.05) is 14.6 Å². The van der Waals surface area contributed by atoms with Crippen molar-refractivity contribution in [1.82, 2.24) is 0 Å². The lowest BCUT2D eigenvalue weighted by atomic mass is 10.1. The van der Waals surface area contributed by atoms with Crippen molar-refractivity contribution in [2.24, 2.45) is 0 Å². The van der Waals surface area contributed by atoms with E-state index in [1.165, 1.54) is 25.7 Å². The number of fused-ring (bicyclic) bond motifs is 1. The van der Waals surface area contributed by atoms with E-state index < -0.39 is 0 Å². The van der Waals surface area contributed by atoms with E-state index in [2.05, 4.69) is 47.3 Å². The number of thiophene rings is 1. The van der Waals surface area contributed by atoms with Gasteiger partial charge >= 0.3 is 0 Å². The van der Waals surface area contributed by atoms with E-state index in [4.69, 9.17) is 0 Å². The molecule has 1 heterocycles. The fourth-order valence-corrected chi connectivity index (χ4v) is 3.44. The molecule has 13 heavy (non-hydrogen) atoms. The first-order valence-corrected chi connectivity index (χ1v) is 6.06. The first-order valence-electron chi connectivity index (χ1n) is 4.39. The van der Waals surface area contributed by atoms with Gasteiger partial charge in [-0.2, -0.15) is 0 Å². The molecule has 0 spiro atoms. The van der Waals surface area contributed by atoms with Crippen LogP contribution in [0.15, 0.2) is 22.0 Å². The summed E-state index contributed by atoms with van der Waals surface area (Å²) in [4.78, 5) is 0. The average Bonchev–Trinajstić information content (AvgIpc) is 2.56. The molecule has 0 bridgehead atoms. The van der Waals surface area contributed by atoms with E-state index >= 15 is 0 Å². The van der Waals surface area contributed by atoms with Crippen molar-refractivity contribution in [3.63, 3.8) is 0 Å². The Morgan fingerprint density at radius 2 is 2.15 bits per heavy atom. The van der Waals surface area contributed by atoms with Gasteiger partial charge in [0.05, 0.1) is 0 Å². The highest BCUT2D eigenvalue weighted by Gasteiger charge is 2.07. The van der Waals surface area contributed by atoms with E-state index in [9.17, 15) is 0 Å². The predicted molar refractivity (Wildman–Crippen MR) is 63.6 cm³/mol. The van der Waals surface area contributed by atoms with Crippen LogP contribution < -0.4 is 0 Å². The number of benzene rings is 1. The molecular formula is C11H11BrS. The van der Waals surface area contributed by atoms with Gasteiger partial charge in [-0.25, -0.2) is 0 Å². The maximum absolute atomic E-state index is 3.61. The summed E-state index contributed by atoms with van der Waals surface area (Å²) < 4.78 is 2.65. The summed E-state index contributed by atoms with van der Waals surface area (Å²) in [5.41, 5.74) is 2.83. The van der Waals surface area contributed by atoms with Gasteiger partial charge in [-0.1, -0.05) is 28.9 Å². The van der Waals surface area contributed by atoms with Crippen molar-refractivity contribution in [2.75, 3.05) is 0 Å². The average molecular weight is 255 g/mol. The van der Waals surface area contributed by atoms with E-state index in [-0.39, 0.29) is 0 Å². The standard InChI is InChI=1S/C11H11BrS/c1-3-8-6-13-11-7(2)4-5-9(12)10(8)11/h4-6H,3H2,1-2H3. The third-order valence-corrected chi connectivity index (χ3v) is 4.15. The minimum absolute atomic E-state index is 1.11. The third-order valence-electron chi connectivity index (χ3n) is 2.32. The summed E-state index contributed by atoms with van der Waals surface area (Å²) in [5, 5.41) is 3.68. The number of hydrogen-bond acceptors (Lipinski definition) is 1. The molecule has 2 rings (SSSR count). The molecule has 0 unspecified atom stereocenters. The highest BCUT2D eigenvalue weighted by Crippen LogP contribution is 2.34. The van der Waals surface area contributed by atoms with Gasteiger partial charge in [0.25, 0.3) is 0 Å². The first kappa shape index (κ1) is 9.22.